The molecule has 2 aliphatic heterocycles. The number of aliphatic hydroxyl groups is 8. The molecule has 0 aliphatic carbocycles. The van der Waals surface area contributed by atoms with Crippen molar-refractivity contribution >= 4 is 5.91 Å². The van der Waals surface area contributed by atoms with Gasteiger partial charge in [0.15, 0.2) is 12.6 Å². The lowest BCUT2D eigenvalue weighted by Crippen LogP contribution is -2.65. The first-order valence-electron chi connectivity index (χ1n) is 33.9. The summed E-state index contributed by atoms with van der Waals surface area (Å²) in [6, 6.07) is -0.941. The molecule has 2 rings (SSSR count). The largest absolute Gasteiger partial charge is 0.394 e. The Hall–Kier alpha value is -2.05. The van der Waals surface area contributed by atoms with Crippen molar-refractivity contribution in [3.05, 3.63) is 48.6 Å². The van der Waals surface area contributed by atoms with Crippen molar-refractivity contribution in [2.45, 2.75) is 357 Å². The van der Waals surface area contributed by atoms with Gasteiger partial charge in [-0.25, -0.2) is 0 Å². The number of carbonyl (C=O) groups excluding carboxylic acids is 1. The monoisotopic (exact) mass is 1160 g/mol. The van der Waals surface area contributed by atoms with E-state index in [1.165, 1.54) is 193 Å². The van der Waals surface area contributed by atoms with E-state index in [-0.39, 0.29) is 18.9 Å². The Morgan fingerprint density at radius 1 is 0.439 bits per heavy atom. The topological polar surface area (TPSA) is 228 Å². The van der Waals surface area contributed by atoms with Crippen LogP contribution in [0.25, 0.3) is 0 Å². The van der Waals surface area contributed by atoms with Crippen molar-refractivity contribution in [1.82, 2.24) is 5.32 Å². The molecule has 2 fully saturated rings. The number of amides is 1. The van der Waals surface area contributed by atoms with Gasteiger partial charge in [0.05, 0.1) is 32.0 Å². The molecule has 14 heteroatoms. The second-order valence-corrected chi connectivity index (χ2v) is 23.9. The quantitative estimate of drug-likeness (QED) is 0.0204. The highest BCUT2D eigenvalue weighted by molar-refractivity contribution is 5.76. The van der Waals surface area contributed by atoms with Crippen LogP contribution in [0.3, 0.4) is 0 Å². The average Bonchev–Trinajstić information content (AvgIpc) is 3.53. The van der Waals surface area contributed by atoms with Gasteiger partial charge in [-0.1, -0.05) is 262 Å². The minimum absolute atomic E-state index is 0.257. The lowest BCUT2D eigenvalue weighted by atomic mass is 9.97. The third-order valence-corrected chi connectivity index (χ3v) is 16.5. The van der Waals surface area contributed by atoms with Crippen molar-refractivity contribution < 1.29 is 64.6 Å². The molecule has 0 aromatic heterocycles. The fourth-order valence-electron chi connectivity index (χ4n) is 11.0. The minimum Gasteiger partial charge on any atom is -0.394 e. The van der Waals surface area contributed by atoms with Gasteiger partial charge >= 0.3 is 0 Å². The van der Waals surface area contributed by atoms with Crippen molar-refractivity contribution in [2.24, 2.45) is 0 Å². The van der Waals surface area contributed by atoms with E-state index in [9.17, 15) is 45.6 Å². The smallest absolute Gasteiger partial charge is 0.220 e. The summed E-state index contributed by atoms with van der Waals surface area (Å²) in [7, 11) is 0. The van der Waals surface area contributed by atoms with Crippen molar-refractivity contribution in [3.63, 3.8) is 0 Å². The van der Waals surface area contributed by atoms with E-state index in [0.29, 0.717) is 12.8 Å². The molecular weight excluding hydrogens is 1040 g/mol. The number of aliphatic hydroxyl groups excluding tert-OH is 8. The van der Waals surface area contributed by atoms with Crippen LogP contribution >= 0.6 is 0 Å². The molecule has 2 heterocycles. The van der Waals surface area contributed by atoms with Crippen LogP contribution in [0.5, 0.6) is 0 Å². The number of carbonyl (C=O) groups is 1. The summed E-state index contributed by atoms with van der Waals surface area (Å²) in [4.78, 5) is 13.3. The molecule has 0 saturated carbocycles. The number of unbranched alkanes of at least 4 members (excludes halogenated alkanes) is 36. The molecule has 480 valence electrons. The van der Waals surface area contributed by atoms with Crippen LogP contribution in [0.15, 0.2) is 48.6 Å². The summed E-state index contributed by atoms with van der Waals surface area (Å²) >= 11 is 0. The molecule has 1 amide bonds. The standard InChI is InChI=1S/C68H125NO13/c1-3-5-7-9-11-13-15-17-19-21-22-23-24-25-26-27-28-29-30-31-32-33-34-35-36-37-39-41-43-45-47-49-51-57(72)56(69-60(73)52-50-48-46-44-42-40-38-20-18-16-14-12-10-8-6-4-2)55-79-67-65(78)63(76)66(59(54-71)81-67)82-68-64(77)62(75)61(74)58(53-70)80-68/h14,16,20,38,41,43,49,51,56-59,61-68,70-72,74-78H,3-13,15,17-19,21-37,39-40,42,44-48,50,52-55H2,1-2H3,(H,69,73)/b16-14-,38-20-,43-41+,51-49+. The van der Waals surface area contributed by atoms with Crippen LogP contribution in [-0.4, -0.2) is 140 Å². The second-order valence-electron chi connectivity index (χ2n) is 23.9. The highest BCUT2D eigenvalue weighted by atomic mass is 16.7. The van der Waals surface area contributed by atoms with Gasteiger partial charge in [0.1, 0.15) is 48.8 Å². The maximum absolute atomic E-state index is 13.3. The highest BCUT2D eigenvalue weighted by Crippen LogP contribution is 2.30. The maximum Gasteiger partial charge on any atom is 0.220 e. The predicted octanol–water partition coefficient (Wildman–Crippen LogP) is 13.1. The highest BCUT2D eigenvalue weighted by Gasteiger charge is 2.51. The molecule has 12 unspecified atom stereocenters. The first-order chi connectivity index (χ1) is 40.1. The molecule has 0 radical (unpaired) electrons. The van der Waals surface area contributed by atoms with E-state index in [1.807, 2.05) is 6.08 Å². The summed E-state index contributed by atoms with van der Waals surface area (Å²) in [6.45, 7) is 2.78. The summed E-state index contributed by atoms with van der Waals surface area (Å²) in [5.41, 5.74) is 0. The summed E-state index contributed by atoms with van der Waals surface area (Å²) in [6.07, 6.45) is 51.8. The van der Waals surface area contributed by atoms with Crippen LogP contribution in [-0.2, 0) is 23.7 Å². The van der Waals surface area contributed by atoms with E-state index in [1.54, 1.807) is 6.08 Å². The molecule has 0 aromatic rings. The first-order valence-corrected chi connectivity index (χ1v) is 33.9. The van der Waals surface area contributed by atoms with Crippen LogP contribution in [0.4, 0.5) is 0 Å². The van der Waals surface area contributed by atoms with Gasteiger partial charge in [0, 0.05) is 6.42 Å². The Labute approximate surface area is 499 Å². The number of hydrogen-bond donors (Lipinski definition) is 9. The minimum atomic E-state index is -1.79. The summed E-state index contributed by atoms with van der Waals surface area (Å²) in [5.74, 6) is -0.261. The van der Waals surface area contributed by atoms with Crippen LogP contribution in [0.1, 0.15) is 284 Å². The molecule has 9 N–H and O–H groups in total. The molecule has 12 atom stereocenters. The molecule has 0 spiro atoms. The molecular formula is C68H125NO13. The van der Waals surface area contributed by atoms with Crippen LogP contribution < -0.4 is 5.32 Å². The van der Waals surface area contributed by atoms with E-state index in [2.05, 4.69) is 55.6 Å². The number of allylic oxidation sites excluding steroid dienone is 7. The summed E-state index contributed by atoms with van der Waals surface area (Å²) < 4.78 is 22.8. The Balaban J connectivity index is 1.68. The zero-order valence-corrected chi connectivity index (χ0v) is 52.0. The Morgan fingerprint density at radius 3 is 1.28 bits per heavy atom. The maximum atomic E-state index is 13.3. The SMILES string of the molecule is CCCCCC/C=C\C/C=C\CCCCCCCC(=O)NC(COC1OC(CO)C(OC2OC(CO)C(O)C(O)C2O)C(O)C1O)C(O)/C=C/CC/C=C/CCCCCCCCCCCCCCCCCCCCCCCCCCCC. The van der Waals surface area contributed by atoms with Crippen LogP contribution in [0, 0.1) is 0 Å². The zero-order chi connectivity index (χ0) is 59.5. The van der Waals surface area contributed by atoms with Gasteiger partial charge in [-0.05, 0) is 64.2 Å². The first kappa shape index (κ1) is 76.0. The molecule has 14 nitrogen and oxygen atoms in total. The van der Waals surface area contributed by atoms with Crippen molar-refractivity contribution in [1.29, 1.82) is 0 Å². The Bertz CT molecular complexity index is 1560. The fourth-order valence-corrected chi connectivity index (χ4v) is 11.0. The van der Waals surface area contributed by atoms with Crippen LogP contribution in [0.2, 0.25) is 0 Å². The normalized spacial score (nSPS) is 24.2. The van der Waals surface area contributed by atoms with E-state index < -0.39 is 86.8 Å². The summed E-state index contributed by atoms with van der Waals surface area (Å²) in [5, 5.41) is 87.2. The van der Waals surface area contributed by atoms with E-state index in [0.717, 1.165) is 57.8 Å². The van der Waals surface area contributed by atoms with Gasteiger partial charge in [-0.3, -0.25) is 4.79 Å². The van der Waals surface area contributed by atoms with Gasteiger partial charge in [0.2, 0.25) is 5.91 Å². The third kappa shape index (κ3) is 37.5. The predicted molar refractivity (Wildman–Crippen MR) is 332 cm³/mol. The Morgan fingerprint density at radius 2 is 0.817 bits per heavy atom. The average molecular weight is 1160 g/mol. The van der Waals surface area contributed by atoms with Crippen molar-refractivity contribution in [3.8, 4) is 0 Å². The third-order valence-electron chi connectivity index (χ3n) is 16.5. The molecule has 2 aliphatic rings. The number of rotatable bonds is 55. The number of hydrogen-bond acceptors (Lipinski definition) is 13. The molecule has 0 aromatic carbocycles. The van der Waals surface area contributed by atoms with Gasteiger partial charge in [0.25, 0.3) is 0 Å². The number of ether oxygens (including phenoxy) is 4. The second kappa shape index (κ2) is 53.2. The van der Waals surface area contributed by atoms with E-state index in [4.69, 9.17) is 18.9 Å². The molecule has 2 saturated heterocycles. The van der Waals surface area contributed by atoms with Gasteiger partial charge in [-0.2, -0.15) is 0 Å². The number of nitrogens with one attached hydrogen (secondary N) is 1. The molecule has 82 heavy (non-hydrogen) atoms. The zero-order valence-electron chi connectivity index (χ0n) is 52.0. The Kier molecular flexibility index (Phi) is 49.3. The van der Waals surface area contributed by atoms with E-state index >= 15 is 0 Å². The molecule has 0 bridgehead atoms. The van der Waals surface area contributed by atoms with Crippen molar-refractivity contribution in [2.75, 3.05) is 19.8 Å². The lowest BCUT2D eigenvalue weighted by molar-refractivity contribution is -0.359. The lowest BCUT2D eigenvalue weighted by Gasteiger charge is -2.46. The fraction of sp³-hybridized carbons (Fsp3) is 0.868. The van der Waals surface area contributed by atoms with Gasteiger partial charge < -0.3 is 65.1 Å². The van der Waals surface area contributed by atoms with Gasteiger partial charge in [-0.15, -0.1) is 0 Å².